The highest BCUT2D eigenvalue weighted by Gasteiger charge is 2.38. The Morgan fingerprint density at radius 3 is 2.50 bits per heavy atom. The lowest BCUT2D eigenvalue weighted by Crippen LogP contribution is -2.49. The van der Waals surface area contributed by atoms with Gasteiger partial charge in [0.2, 0.25) is 0 Å². The van der Waals surface area contributed by atoms with E-state index in [2.05, 4.69) is 82.5 Å². The molecule has 0 unspecified atom stereocenters. The van der Waals surface area contributed by atoms with E-state index in [-0.39, 0.29) is 5.41 Å². The number of benzene rings is 1. The third kappa shape index (κ3) is 3.32. The summed E-state index contributed by atoms with van der Waals surface area (Å²) in [5.41, 5.74) is 2.99. The first-order valence-electron chi connectivity index (χ1n) is 8.72. The quantitative estimate of drug-likeness (QED) is 0.677. The van der Waals surface area contributed by atoms with Crippen LogP contribution >= 0.6 is 0 Å². The van der Waals surface area contributed by atoms with E-state index < -0.39 is 0 Å². The van der Waals surface area contributed by atoms with E-state index in [4.69, 9.17) is 0 Å². The minimum atomic E-state index is 0.267. The lowest BCUT2D eigenvalue weighted by Gasteiger charge is -2.43. The van der Waals surface area contributed by atoms with Crippen LogP contribution in [0.15, 0.2) is 53.7 Å². The van der Waals surface area contributed by atoms with Crippen LogP contribution in [-0.4, -0.2) is 36.1 Å². The summed E-state index contributed by atoms with van der Waals surface area (Å²) in [5.74, 6) is 0.957. The number of aryl methyl sites for hydroxylation is 1. The third-order valence-electron chi connectivity index (χ3n) is 5.31. The van der Waals surface area contributed by atoms with Gasteiger partial charge in [0.1, 0.15) is 0 Å². The van der Waals surface area contributed by atoms with Gasteiger partial charge in [0.15, 0.2) is 5.96 Å². The second kappa shape index (κ2) is 7.12. The Balaban J connectivity index is 1.64. The summed E-state index contributed by atoms with van der Waals surface area (Å²) in [6, 6.07) is 15.1. The average molecular weight is 324 g/mol. The summed E-state index contributed by atoms with van der Waals surface area (Å²) in [4.78, 5) is 6.66. The fourth-order valence-electron chi connectivity index (χ4n) is 3.57. The molecule has 1 aliphatic carbocycles. The van der Waals surface area contributed by atoms with Crippen molar-refractivity contribution in [2.45, 2.75) is 31.2 Å². The van der Waals surface area contributed by atoms with Gasteiger partial charge in [-0.05, 0) is 30.5 Å². The second-order valence-corrected chi connectivity index (χ2v) is 6.87. The predicted octanol–water partition coefficient (Wildman–Crippen LogP) is 3.15. The van der Waals surface area contributed by atoms with E-state index in [9.17, 15) is 0 Å². The number of nitrogens with one attached hydrogen (secondary N) is 1. The molecule has 0 spiro atoms. The van der Waals surface area contributed by atoms with Crippen LogP contribution in [0.2, 0.25) is 0 Å². The van der Waals surface area contributed by atoms with Gasteiger partial charge >= 0.3 is 0 Å². The lowest BCUT2D eigenvalue weighted by atomic mass is 9.64. The smallest absolute Gasteiger partial charge is 0.193 e. The Morgan fingerprint density at radius 1 is 1.21 bits per heavy atom. The molecule has 0 aliphatic heterocycles. The number of aromatic nitrogens is 1. The van der Waals surface area contributed by atoms with Crippen LogP contribution in [-0.2, 0) is 19.0 Å². The van der Waals surface area contributed by atoms with Crippen molar-refractivity contribution >= 4 is 5.96 Å². The molecule has 0 atom stereocenters. The van der Waals surface area contributed by atoms with Crippen molar-refractivity contribution in [2.24, 2.45) is 12.0 Å². The van der Waals surface area contributed by atoms with Crippen LogP contribution in [0.4, 0.5) is 0 Å². The van der Waals surface area contributed by atoms with Crippen molar-refractivity contribution in [1.82, 2.24) is 14.8 Å². The fourth-order valence-corrected chi connectivity index (χ4v) is 3.57. The highest BCUT2D eigenvalue weighted by molar-refractivity contribution is 5.79. The summed E-state index contributed by atoms with van der Waals surface area (Å²) in [7, 11) is 6.04. The van der Waals surface area contributed by atoms with Gasteiger partial charge < -0.3 is 14.8 Å². The molecule has 4 heteroatoms. The molecule has 1 aromatic carbocycles. The summed E-state index contributed by atoms with van der Waals surface area (Å²) in [6.45, 7) is 1.79. The van der Waals surface area contributed by atoms with E-state index >= 15 is 0 Å². The number of rotatable bonds is 5. The summed E-state index contributed by atoms with van der Waals surface area (Å²) in [6.07, 6.45) is 5.90. The maximum atomic E-state index is 4.48. The van der Waals surface area contributed by atoms with Gasteiger partial charge in [-0.3, -0.25) is 4.99 Å². The van der Waals surface area contributed by atoms with E-state index in [1.807, 2.05) is 7.05 Å². The first-order valence-corrected chi connectivity index (χ1v) is 8.72. The third-order valence-corrected chi connectivity index (χ3v) is 5.31. The zero-order valence-corrected chi connectivity index (χ0v) is 15.0. The highest BCUT2D eigenvalue weighted by Crippen LogP contribution is 2.43. The molecule has 1 fully saturated rings. The van der Waals surface area contributed by atoms with Gasteiger partial charge in [-0.15, -0.1) is 0 Å². The monoisotopic (exact) mass is 324 g/mol. The molecule has 2 aromatic rings. The van der Waals surface area contributed by atoms with Crippen LogP contribution in [0.5, 0.6) is 0 Å². The van der Waals surface area contributed by atoms with Gasteiger partial charge in [0, 0.05) is 45.0 Å². The molecule has 1 saturated carbocycles. The Kier molecular flexibility index (Phi) is 4.93. The highest BCUT2D eigenvalue weighted by atomic mass is 15.3. The topological polar surface area (TPSA) is 32.6 Å². The van der Waals surface area contributed by atoms with Crippen molar-refractivity contribution in [1.29, 1.82) is 0 Å². The van der Waals surface area contributed by atoms with Crippen molar-refractivity contribution in [3.05, 3.63) is 59.9 Å². The molecular formula is C20H28N4. The average Bonchev–Trinajstić information content (AvgIpc) is 2.96. The van der Waals surface area contributed by atoms with E-state index in [1.54, 1.807) is 0 Å². The zero-order chi connectivity index (χ0) is 17.0. The van der Waals surface area contributed by atoms with Crippen LogP contribution in [0.1, 0.15) is 30.5 Å². The van der Waals surface area contributed by atoms with Gasteiger partial charge in [-0.1, -0.05) is 36.8 Å². The molecule has 4 nitrogen and oxygen atoms in total. The number of hydrogen-bond donors (Lipinski definition) is 1. The number of guanidine groups is 1. The molecule has 1 aliphatic rings. The van der Waals surface area contributed by atoms with Gasteiger partial charge in [0.25, 0.3) is 0 Å². The second-order valence-electron chi connectivity index (χ2n) is 6.87. The Labute approximate surface area is 145 Å². The molecule has 24 heavy (non-hydrogen) atoms. The van der Waals surface area contributed by atoms with Gasteiger partial charge in [0.05, 0.1) is 6.54 Å². The lowest BCUT2D eigenvalue weighted by molar-refractivity contribution is 0.241. The number of nitrogens with zero attached hydrogens (tertiary/aromatic N) is 3. The summed E-state index contributed by atoms with van der Waals surface area (Å²) < 4.78 is 2.15. The maximum Gasteiger partial charge on any atom is 0.193 e. The minimum Gasteiger partial charge on any atom is -0.355 e. The summed E-state index contributed by atoms with van der Waals surface area (Å²) >= 11 is 0. The zero-order valence-electron chi connectivity index (χ0n) is 15.0. The van der Waals surface area contributed by atoms with Crippen LogP contribution in [0.25, 0.3) is 0 Å². The van der Waals surface area contributed by atoms with Crippen molar-refractivity contribution in [3.63, 3.8) is 0 Å². The van der Waals surface area contributed by atoms with Gasteiger partial charge in [-0.2, -0.15) is 0 Å². The van der Waals surface area contributed by atoms with Crippen LogP contribution in [0.3, 0.4) is 0 Å². The van der Waals surface area contributed by atoms with Gasteiger partial charge in [-0.25, -0.2) is 0 Å². The SMILES string of the molecule is CN=C(NCC1(c2ccccc2)CCC1)N(C)Cc1cccn1C. The Morgan fingerprint density at radius 2 is 1.96 bits per heavy atom. The maximum absolute atomic E-state index is 4.48. The predicted molar refractivity (Wildman–Crippen MR) is 100 cm³/mol. The first kappa shape index (κ1) is 16.6. The van der Waals surface area contributed by atoms with Crippen LogP contribution in [0, 0.1) is 0 Å². The minimum absolute atomic E-state index is 0.267. The molecular weight excluding hydrogens is 296 g/mol. The first-order chi connectivity index (χ1) is 11.6. The largest absolute Gasteiger partial charge is 0.355 e. The molecule has 0 bridgehead atoms. The van der Waals surface area contributed by atoms with Crippen molar-refractivity contribution < 1.29 is 0 Å². The molecule has 0 amide bonds. The number of hydrogen-bond acceptors (Lipinski definition) is 1. The molecule has 1 N–H and O–H groups in total. The van der Waals surface area contributed by atoms with E-state index in [0.29, 0.717) is 0 Å². The molecule has 0 saturated heterocycles. The number of aliphatic imine (C=N–C) groups is 1. The molecule has 3 rings (SSSR count). The van der Waals surface area contributed by atoms with Crippen LogP contribution < -0.4 is 5.32 Å². The fraction of sp³-hybridized carbons (Fsp3) is 0.450. The Hall–Kier alpha value is -2.23. The molecule has 1 aromatic heterocycles. The Bertz CT molecular complexity index is 683. The van der Waals surface area contributed by atoms with E-state index in [1.165, 1.54) is 30.5 Å². The molecule has 1 heterocycles. The molecule has 0 radical (unpaired) electrons. The van der Waals surface area contributed by atoms with Crippen molar-refractivity contribution in [3.8, 4) is 0 Å². The summed E-state index contributed by atoms with van der Waals surface area (Å²) in [5, 5.41) is 3.61. The normalized spacial score (nSPS) is 16.5. The standard InChI is InChI=1S/C20H28N4/c1-21-19(24(3)15-18-11-7-14-23(18)2)22-16-20(12-8-13-20)17-9-5-4-6-10-17/h4-7,9-11,14H,8,12-13,15-16H2,1-3H3,(H,21,22). The molecule has 128 valence electrons. The van der Waals surface area contributed by atoms with E-state index in [0.717, 1.165) is 19.0 Å². The van der Waals surface area contributed by atoms with Crippen molar-refractivity contribution in [2.75, 3.05) is 20.6 Å².